The van der Waals surface area contributed by atoms with Gasteiger partial charge in [0.25, 0.3) is 0 Å². The second-order valence-electron chi connectivity index (χ2n) is 5.58. The van der Waals surface area contributed by atoms with E-state index >= 15 is 0 Å². The second-order valence-corrected chi connectivity index (χ2v) is 5.58. The summed E-state index contributed by atoms with van der Waals surface area (Å²) in [7, 11) is 0. The molecule has 1 unspecified atom stereocenters. The van der Waals surface area contributed by atoms with Crippen LogP contribution < -0.4 is 5.32 Å². The molecule has 1 fully saturated rings. The van der Waals surface area contributed by atoms with Crippen LogP contribution in [0.5, 0.6) is 5.75 Å². The highest BCUT2D eigenvalue weighted by molar-refractivity contribution is 5.27. The number of rotatable bonds is 3. The SMILES string of the molecule is CCC1(C)CN(Cc2cccc(O)c2)CCCN1. The molecule has 0 radical (unpaired) electrons. The third-order valence-corrected chi connectivity index (χ3v) is 3.87. The standard InChI is InChI=1S/C15H24N2O/c1-3-15(2)12-17(9-5-8-16-15)11-13-6-4-7-14(18)10-13/h4,6-7,10,16,18H,3,5,8-9,11-12H2,1-2H3. The molecule has 1 heterocycles. The molecule has 18 heavy (non-hydrogen) atoms. The molecule has 1 saturated heterocycles. The maximum absolute atomic E-state index is 9.52. The van der Waals surface area contributed by atoms with Crippen molar-refractivity contribution in [2.45, 2.75) is 38.8 Å². The van der Waals surface area contributed by atoms with Gasteiger partial charge in [-0.25, -0.2) is 0 Å². The lowest BCUT2D eigenvalue weighted by molar-refractivity contribution is 0.208. The Bertz CT molecular complexity index is 394. The molecule has 1 aromatic carbocycles. The van der Waals surface area contributed by atoms with Crippen molar-refractivity contribution >= 4 is 0 Å². The first-order valence-corrected chi connectivity index (χ1v) is 6.86. The molecule has 3 nitrogen and oxygen atoms in total. The molecule has 2 N–H and O–H groups in total. The largest absolute Gasteiger partial charge is 0.508 e. The first-order chi connectivity index (χ1) is 8.61. The quantitative estimate of drug-likeness (QED) is 0.862. The van der Waals surface area contributed by atoms with E-state index in [4.69, 9.17) is 0 Å². The minimum Gasteiger partial charge on any atom is -0.508 e. The van der Waals surface area contributed by atoms with Crippen LogP contribution in [0.25, 0.3) is 0 Å². The van der Waals surface area contributed by atoms with E-state index in [1.165, 1.54) is 12.0 Å². The molecular weight excluding hydrogens is 224 g/mol. The van der Waals surface area contributed by atoms with Gasteiger partial charge in [0.05, 0.1) is 0 Å². The molecule has 0 saturated carbocycles. The summed E-state index contributed by atoms with van der Waals surface area (Å²) in [6, 6.07) is 7.59. The van der Waals surface area contributed by atoms with Gasteiger partial charge in [0, 0.05) is 18.6 Å². The van der Waals surface area contributed by atoms with Crippen molar-refractivity contribution < 1.29 is 5.11 Å². The van der Waals surface area contributed by atoms with Gasteiger partial charge in [0.1, 0.15) is 5.75 Å². The van der Waals surface area contributed by atoms with E-state index in [9.17, 15) is 5.11 Å². The molecule has 0 amide bonds. The monoisotopic (exact) mass is 248 g/mol. The third kappa shape index (κ3) is 3.47. The van der Waals surface area contributed by atoms with E-state index in [1.54, 1.807) is 6.07 Å². The van der Waals surface area contributed by atoms with E-state index in [1.807, 2.05) is 12.1 Å². The van der Waals surface area contributed by atoms with Gasteiger partial charge in [-0.15, -0.1) is 0 Å². The zero-order valence-corrected chi connectivity index (χ0v) is 11.4. The summed E-state index contributed by atoms with van der Waals surface area (Å²) < 4.78 is 0. The summed E-state index contributed by atoms with van der Waals surface area (Å²) in [5, 5.41) is 13.2. The van der Waals surface area contributed by atoms with Crippen LogP contribution >= 0.6 is 0 Å². The molecule has 0 spiro atoms. The molecule has 1 aliphatic rings. The fourth-order valence-corrected chi connectivity index (χ4v) is 2.61. The molecule has 1 aliphatic heterocycles. The third-order valence-electron chi connectivity index (χ3n) is 3.87. The Morgan fingerprint density at radius 3 is 3.00 bits per heavy atom. The first-order valence-electron chi connectivity index (χ1n) is 6.86. The van der Waals surface area contributed by atoms with E-state index in [0.29, 0.717) is 5.75 Å². The predicted octanol–water partition coefficient (Wildman–Crippen LogP) is 2.36. The number of nitrogens with zero attached hydrogens (tertiary/aromatic N) is 1. The van der Waals surface area contributed by atoms with Crippen molar-refractivity contribution in [1.82, 2.24) is 10.2 Å². The van der Waals surface area contributed by atoms with E-state index in [-0.39, 0.29) is 5.54 Å². The van der Waals surface area contributed by atoms with E-state index in [2.05, 4.69) is 30.1 Å². The van der Waals surface area contributed by atoms with Crippen LogP contribution in [0.2, 0.25) is 0 Å². The van der Waals surface area contributed by atoms with Crippen molar-refractivity contribution in [2.75, 3.05) is 19.6 Å². The first kappa shape index (κ1) is 13.4. The maximum Gasteiger partial charge on any atom is 0.115 e. The predicted molar refractivity (Wildman–Crippen MR) is 74.7 cm³/mol. The normalized spacial score (nSPS) is 25.9. The Hall–Kier alpha value is -1.06. The van der Waals surface area contributed by atoms with Crippen LogP contribution in [0.3, 0.4) is 0 Å². The number of phenols is 1. The molecule has 0 bridgehead atoms. The van der Waals surface area contributed by atoms with Crippen LogP contribution in [-0.2, 0) is 6.54 Å². The number of hydrogen-bond acceptors (Lipinski definition) is 3. The fourth-order valence-electron chi connectivity index (χ4n) is 2.61. The molecule has 1 atom stereocenters. The van der Waals surface area contributed by atoms with Crippen LogP contribution in [0, 0.1) is 0 Å². The fraction of sp³-hybridized carbons (Fsp3) is 0.600. The van der Waals surface area contributed by atoms with Crippen LogP contribution in [-0.4, -0.2) is 35.2 Å². The topological polar surface area (TPSA) is 35.5 Å². The minimum absolute atomic E-state index is 0.216. The van der Waals surface area contributed by atoms with Gasteiger partial charge in [-0.3, -0.25) is 4.90 Å². The van der Waals surface area contributed by atoms with Crippen molar-refractivity contribution in [1.29, 1.82) is 0 Å². The van der Waals surface area contributed by atoms with Crippen molar-refractivity contribution in [2.24, 2.45) is 0 Å². The number of hydrogen-bond donors (Lipinski definition) is 2. The number of nitrogens with one attached hydrogen (secondary N) is 1. The zero-order chi connectivity index (χ0) is 13.0. The number of benzene rings is 1. The summed E-state index contributed by atoms with van der Waals surface area (Å²) in [6.45, 7) is 8.75. The number of phenolic OH excluding ortho intramolecular Hbond substituents is 1. The zero-order valence-electron chi connectivity index (χ0n) is 11.4. The summed E-state index contributed by atoms with van der Waals surface area (Å²) in [5.41, 5.74) is 1.41. The van der Waals surface area contributed by atoms with Gasteiger partial charge in [0.15, 0.2) is 0 Å². The van der Waals surface area contributed by atoms with Crippen LogP contribution in [0.15, 0.2) is 24.3 Å². The van der Waals surface area contributed by atoms with Crippen LogP contribution in [0.1, 0.15) is 32.3 Å². The number of aromatic hydroxyl groups is 1. The van der Waals surface area contributed by atoms with E-state index < -0.39 is 0 Å². The summed E-state index contributed by atoms with van der Waals surface area (Å²) in [4.78, 5) is 2.48. The van der Waals surface area contributed by atoms with Gasteiger partial charge in [-0.2, -0.15) is 0 Å². The van der Waals surface area contributed by atoms with Crippen molar-refractivity contribution in [3.8, 4) is 5.75 Å². The lowest BCUT2D eigenvalue weighted by Crippen LogP contribution is -2.48. The lowest BCUT2D eigenvalue weighted by Gasteiger charge is -2.32. The highest BCUT2D eigenvalue weighted by Crippen LogP contribution is 2.18. The smallest absolute Gasteiger partial charge is 0.115 e. The van der Waals surface area contributed by atoms with Gasteiger partial charge in [0.2, 0.25) is 0 Å². The highest BCUT2D eigenvalue weighted by atomic mass is 16.3. The Labute approximate surface area is 110 Å². The lowest BCUT2D eigenvalue weighted by atomic mass is 9.98. The van der Waals surface area contributed by atoms with Gasteiger partial charge >= 0.3 is 0 Å². The summed E-state index contributed by atoms with van der Waals surface area (Å²) in [6.07, 6.45) is 2.33. The maximum atomic E-state index is 9.52. The average molecular weight is 248 g/mol. The Balaban J connectivity index is 2.03. The van der Waals surface area contributed by atoms with Crippen molar-refractivity contribution in [3.63, 3.8) is 0 Å². The Kier molecular flexibility index (Phi) is 4.25. The summed E-state index contributed by atoms with van der Waals surface area (Å²) in [5.74, 6) is 0.360. The van der Waals surface area contributed by atoms with Gasteiger partial charge in [-0.05, 0) is 50.6 Å². The molecule has 3 heteroatoms. The van der Waals surface area contributed by atoms with Crippen molar-refractivity contribution in [3.05, 3.63) is 29.8 Å². The van der Waals surface area contributed by atoms with E-state index in [0.717, 1.165) is 32.6 Å². The Morgan fingerprint density at radius 2 is 2.28 bits per heavy atom. The molecule has 100 valence electrons. The van der Waals surface area contributed by atoms with Gasteiger partial charge in [-0.1, -0.05) is 19.1 Å². The minimum atomic E-state index is 0.216. The molecular formula is C15H24N2O. The summed E-state index contributed by atoms with van der Waals surface area (Å²) >= 11 is 0. The average Bonchev–Trinajstić information content (AvgIpc) is 2.52. The molecule has 0 aromatic heterocycles. The highest BCUT2D eigenvalue weighted by Gasteiger charge is 2.26. The molecule has 2 rings (SSSR count). The Morgan fingerprint density at radius 1 is 1.44 bits per heavy atom. The van der Waals surface area contributed by atoms with Crippen LogP contribution in [0.4, 0.5) is 0 Å². The van der Waals surface area contributed by atoms with Gasteiger partial charge < -0.3 is 10.4 Å². The molecule has 0 aliphatic carbocycles. The second kappa shape index (κ2) is 5.72. The molecule has 1 aromatic rings.